The van der Waals surface area contributed by atoms with E-state index in [2.05, 4.69) is 6.92 Å². The van der Waals surface area contributed by atoms with Crippen LogP contribution in [0.2, 0.25) is 0 Å². The van der Waals surface area contributed by atoms with Crippen molar-refractivity contribution in [3.8, 4) is 0 Å². The molecule has 3 nitrogen and oxygen atoms in total. The number of benzene rings is 1. The molecule has 0 aromatic heterocycles. The molecule has 0 bridgehead atoms. The van der Waals surface area contributed by atoms with Gasteiger partial charge in [0.1, 0.15) is 0 Å². The molecule has 1 atom stereocenters. The Bertz CT molecular complexity index is 494. The number of unbranched alkanes of at least 4 members (excludes halogenated alkanes) is 3. The third-order valence-electron chi connectivity index (χ3n) is 3.85. The highest BCUT2D eigenvalue weighted by molar-refractivity contribution is 7.83. The van der Waals surface area contributed by atoms with E-state index < -0.39 is 12.8 Å². The predicted molar refractivity (Wildman–Crippen MR) is 88.2 cm³/mol. The summed E-state index contributed by atoms with van der Waals surface area (Å²) >= 11 is 0. The zero-order valence-electron chi connectivity index (χ0n) is 13.6. The lowest BCUT2D eigenvalue weighted by molar-refractivity contribution is -0.120. The first-order chi connectivity index (χ1) is 9.88. The van der Waals surface area contributed by atoms with Crippen LogP contribution >= 0.6 is 7.37 Å². The van der Waals surface area contributed by atoms with Crippen LogP contribution in [-0.2, 0) is 13.9 Å². The summed E-state index contributed by atoms with van der Waals surface area (Å²) in [6.45, 7) is 5.90. The lowest BCUT2D eigenvalue weighted by Gasteiger charge is -2.27. The molecule has 0 saturated carbocycles. The van der Waals surface area contributed by atoms with Crippen LogP contribution in [-0.4, -0.2) is 12.6 Å². The minimum Gasteiger partial charge on any atom is -0.323 e. The first-order valence-electron chi connectivity index (χ1n) is 7.65. The van der Waals surface area contributed by atoms with Crippen LogP contribution in [0.4, 0.5) is 0 Å². The highest BCUT2D eigenvalue weighted by Gasteiger charge is 2.43. The average Bonchev–Trinajstić information content (AvgIpc) is 2.51. The average molecular weight is 310 g/mol. The van der Waals surface area contributed by atoms with Crippen LogP contribution in [0.3, 0.4) is 0 Å². The van der Waals surface area contributed by atoms with Crippen molar-refractivity contribution in [1.82, 2.24) is 0 Å². The van der Waals surface area contributed by atoms with E-state index in [1.54, 1.807) is 24.3 Å². The van der Waals surface area contributed by atoms with Gasteiger partial charge >= 0.3 is 0 Å². The second kappa shape index (κ2) is 7.91. The fourth-order valence-electron chi connectivity index (χ4n) is 2.43. The molecule has 0 spiro atoms. The molecule has 118 valence electrons. The monoisotopic (exact) mass is 310 g/mol. The summed E-state index contributed by atoms with van der Waals surface area (Å²) < 4.78 is 18.3. The van der Waals surface area contributed by atoms with Crippen molar-refractivity contribution in [3.05, 3.63) is 30.3 Å². The quantitative estimate of drug-likeness (QED) is 0.488. The third-order valence-corrected chi connectivity index (χ3v) is 6.49. The van der Waals surface area contributed by atoms with Crippen LogP contribution < -0.4 is 5.30 Å². The Balaban J connectivity index is 2.90. The van der Waals surface area contributed by atoms with E-state index in [0.29, 0.717) is 5.30 Å². The van der Waals surface area contributed by atoms with Crippen molar-refractivity contribution in [2.45, 2.75) is 52.9 Å². The summed E-state index contributed by atoms with van der Waals surface area (Å²) in [6, 6.07) is 8.81. The molecule has 1 aromatic rings. The number of hydrogen-bond donors (Lipinski definition) is 0. The van der Waals surface area contributed by atoms with Gasteiger partial charge in [-0.15, -0.1) is 0 Å². The van der Waals surface area contributed by atoms with Crippen LogP contribution in [0, 0.1) is 5.41 Å². The molecule has 1 aromatic carbocycles. The summed E-state index contributed by atoms with van der Waals surface area (Å²) in [5, 5.41) is 0.485. The molecule has 1 unspecified atom stereocenters. The number of carbonyl (C=O) groups excluding carboxylic acids is 1. The van der Waals surface area contributed by atoms with E-state index in [0.717, 1.165) is 25.7 Å². The molecule has 0 aliphatic carbocycles. The topological polar surface area (TPSA) is 43.4 Å². The van der Waals surface area contributed by atoms with Crippen LogP contribution in [0.5, 0.6) is 0 Å². The maximum atomic E-state index is 13.0. The molecular weight excluding hydrogens is 283 g/mol. The van der Waals surface area contributed by atoms with Crippen LogP contribution in [0.15, 0.2) is 30.3 Å². The molecule has 4 heteroatoms. The zero-order chi connectivity index (χ0) is 15.9. The molecule has 0 amide bonds. The van der Waals surface area contributed by atoms with Crippen molar-refractivity contribution in [2.24, 2.45) is 5.41 Å². The van der Waals surface area contributed by atoms with E-state index in [4.69, 9.17) is 4.52 Å². The van der Waals surface area contributed by atoms with Gasteiger partial charge in [0.25, 0.3) is 7.37 Å². The van der Waals surface area contributed by atoms with E-state index in [1.165, 1.54) is 13.5 Å². The van der Waals surface area contributed by atoms with Gasteiger partial charge in [-0.05, 0) is 18.6 Å². The van der Waals surface area contributed by atoms with E-state index in [1.807, 2.05) is 19.9 Å². The smallest absolute Gasteiger partial charge is 0.296 e. The molecule has 1 rings (SSSR count). The van der Waals surface area contributed by atoms with E-state index >= 15 is 0 Å². The van der Waals surface area contributed by atoms with Crippen molar-refractivity contribution in [3.63, 3.8) is 0 Å². The van der Waals surface area contributed by atoms with Gasteiger partial charge in [0, 0.05) is 17.8 Å². The molecule has 0 fully saturated rings. The molecule has 21 heavy (non-hydrogen) atoms. The van der Waals surface area contributed by atoms with Crippen LogP contribution in [0.1, 0.15) is 52.9 Å². The zero-order valence-corrected chi connectivity index (χ0v) is 14.5. The van der Waals surface area contributed by atoms with Gasteiger partial charge in [0.05, 0.1) is 0 Å². The fraction of sp³-hybridized carbons (Fsp3) is 0.588. The Hall–Kier alpha value is -0.920. The largest absolute Gasteiger partial charge is 0.323 e. The summed E-state index contributed by atoms with van der Waals surface area (Å²) in [5.74, 6) is 0. The van der Waals surface area contributed by atoms with Crippen molar-refractivity contribution in [1.29, 1.82) is 0 Å². The van der Waals surface area contributed by atoms with E-state index in [9.17, 15) is 9.36 Å². The number of rotatable bonds is 9. The molecule has 0 radical (unpaired) electrons. The van der Waals surface area contributed by atoms with Gasteiger partial charge in [-0.25, -0.2) is 0 Å². The first kappa shape index (κ1) is 18.1. The molecule has 0 saturated heterocycles. The highest BCUT2D eigenvalue weighted by Crippen LogP contribution is 2.52. The van der Waals surface area contributed by atoms with Crippen molar-refractivity contribution in [2.75, 3.05) is 7.11 Å². The number of hydrogen-bond acceptors (Lipinski definition) is 3. The van der Waals surface area contributed by atoms with Gasteiger partial charge in [-0.3, -0.25) is 9.36 Å². The Morgan fingerprint density at radius 1 is 1.14 bits per heavy atom. The SMILES string of the molecule is CCCCCCC(C)(C)C(=O)P(=O)(OC)c1ccccc1. The van der Waals surface area contributed by atoms with Gasteiger partial charge in [0.15, 0.2) is 0 Å². The van der Waals surface area contributed by atoms with Crippen LogP contribution in [0.25, 0.3) is 0 Å². The normalized spacial score (nSPS) is 14.7. The second-order valence-electron chi connectivity index (χ2n) is 6.07. The van der Waals surface area contributed by atoms with Gasteiger partial charge in [-0.1, -0.05) is 64.7 Å². The van der Waals surface area contributed by atoms with Crippen molar-refractivity contribution < 1.29 is 13.9 Å². The standard InChI is InChI=1S/C17H27O3P/c1-5-6-7-11-14-17(2,3)16(18)21(19,20-4)15-12-9-8-10-13-15/h8-10,12-13H,5-7,11,14H2,1-4H3. The Labute approximate surface area is 128 Å². The van der Waals surface area contributed by atoms with E-state index in [-0.39, 0.29) is 5.52 Å². The summed E-state index contributed by atoms with van der Waals surface area (Å²) in [5.41, 5.74) is -0.907. The lowest BCUT2D eigenvalue weighted by Crippen LogP contribution is -2.28. The molecular formula is C17H27O3P. The summed E-state index contributed by atoms with van der Waals surface area (Å²) in [7, 11) is -2.10. The maximum Gasteiger partial charge on any atom is 0.296 e. The lowest BCUT2D eigenvalue weighted by atomic mass is 9.88. The van der Waals surface area contributed by atoms with Gasteiger partial charge in [-0.2, -0.15) is 0 Å². The van der Waals surface area contributed by atoms with Gasteiger partial charge < -0.3 is 4.52 Å². The molecule has 0 aliphatic heterocycles. The highest BCUT2D eigenvalue weighted by atomic mass is 31.2. The molecule has 0 aliphatic rings. The Kier molecular flexibility index (Phi) is 6.83. The summed E-state index contributed by atoms with van der Waals surface area (Å²) in [6.07, 6.45) is 5.16. The maximum absolute atomic E-state index is 13.0. The predicted octanol–water partition coefficient (Wildman–Crippen LogP) is 4.76. The minimum absolute atomic E-state index is 0.278. The molecule has 0 N–H and O–H groups in total. The number of carbonyl (C=O) groups is 1. The Morgan fingerprint density at radius 3 is 2.29 bits per heavy atom. The van der Waals surface area contributed by atoms with Crippen molar-refractivity contribution >= 4 is 18.2 Å². The first-order valence-corrected chi connectivity index (χ1v) is 9.27. The molecule has 0 heterocycles. The van der Waals surface area contributed by atoms with Gasteiger partial charge in [0.2, 0.25) is 5.52 Å². The Morgan fingerprint density at radius 2 is 1.76 bits per heavy atom. The summed E-state index contributed by atoms with van der Waals surface area (Å²) in [4.78, 5) is 12.8. The fourth-order valence-corrected chi connectivity index (χ4v) is 4.51. The third kappa shape index (κ3) is 4.52. The second-order valence-corrected chi connectivity index (χ2v) is 8.46. The minimum atomic E-state index is -3.46.